The maximum atomic E-state index is 15.6. The second kappa shape index (κ2) is 13.1. The standard InChI is InChI=1S/C36H44FN3O4Si/c1-5-42-35(41)28-22-23-39(34-33-29(37)19-14-20-30(33)40(38-34)32-21-12-13-24-43-32)25-31(28)44-45(36(2,3)4,26-15-8-6-9-16-26)27-17-10-7-11-18-27/h6-11,14-20,28,31-32H,5,12-13,21-25H2,1-4H3/t28-,31-,32?/m0/s1. The molecule has 1 aromatic heterocycles. The van der Waals surface area contributed by atoms with Gasteiger partial charge in [0.25, 0.3) is 8.32 Å². The summed E-state index contributed by atoms with van der Waals surface area (Å²) in [6.07, 6.45) is 2.64. The Morgan fingerprint density at radius 2 is 1.67 bits per heavy atom. The highest BCUT2D eigenvalue weighted by Crippen LogP contribution is 2.41. The van der Waals surface area contributed by atoms with Crippen LogP contribution in [0.4, 0.5) is 10.2 Å². The van der Waals surface area contributed by atoms with Crippen LogP contribution in [0, 0.1) is 11.7 Å². The van der Waals surface area contributed by atoms with Gasteiger partial charge < -0.3 is 18.8 Å². The number of ether oxygens (including phenoxy) is 2. The van der Waals surface area contributed by atoms with Gasteiger partial charge >= 0.3 is 5.97 Å². The summed E-state index contributed by atoms with van der Waals surface area (Å²) in [5, 5.41) is 7.49. The van der Waals surface area contributed by atoms with Gasteiger partial charge in [0.15, 0.2) is 12.0 Å². The highest BCUT2D eigenvalue weighted by Gasteiger charge is 2.53. The average Bonchev–Trinajstić information content (AvgIpc) is 3.45. The predicted molar refractivity (Wildman–Crippen MR) is 178 cm³/mol. The Labute approximate surface area is 266 Å². The van der Waals surface area contributed by atoms with Crippen LogP contribution in [0.25, 0.3) is 10.9 Å². The van der Waals surface area contributed by atoms with Crippen LogP contribution in [0.3, 0.4) is 0 Å². The van der Waals surface area contributed by atoms with Crippen molar-refractivity contribution in [2.24, 2.45) is 5.92 Å². The van der Waals surface area contributed by atoms with Crippen molar-refractivity contribution in [1.29, 1.82) is 0 Å². The minimum atomic E-state index is -3.02. The first-order valence-electron chi connectivity index (χ1n) is 16.2. The Balaban J connectivity index is 1.46. The minimum Gasteiger partial charge on any atom is -0.466 e. The molecule has 0 aliphatic carbocycles. The lowest BCUT2D eigenvalue weighted by molar-refractivity contribution is -0.152. The topological polar surface area (TPSA) is 65.8 Å². The summed E-state index contributed by atoms with van der Waals surface area (Å²) in [7, 11) is -3.02. The first-order valence-corrected chi connectivity index (χ1v) is 18.1. The van der Waals surface area contributed by atoms with E-state index in [1.54, 1.807) is 6.07 Å². The minimum absolute atomic E-state index is 0.238. The van der Waals surface area contributed by atoms with E-state index < -0.39 is 20.3 Å². The number of hydrogen-bond donors (Lipinski definition) is 0. The summed E-state index contributed by atoms with van der Waals surface area (Å²) < 4.78 is 36.7. The quantitative estimate of drug-likeness (QED) is 0.171. The van der Waals surface area contributed by atoms with Crippen LogP contribution in [0.15, 0.2) is 78.9 Å². The molecule has 2 fully saturated rings. The molecule has 0 spiro atoms. The van der Waals surface area contributed by atoms with Crippen molar-refractivity contribution in [1.82, 2.24) is 9.78 Å². The Kier molecular flexibility index (Phi) is 9.13. The monoisotopic (exact) mass is 629 g/mol. The van der Waals surface area contributed by atoms with E-state index in [1.807, 2.05) is 29.8 Å². The Morgan fingerprint density at radius 3 is 2.27 bits per heavy atom. The lowest BCUT2D eigenvalue weighted by Crippen LogP contribution is -2.69. The third kappa shape index (κ3) is 5.93. The van der Waals surface area contributed by atoms with Gasteiger partial charge in [-0.2, -0.15) is 5.10 Å². The zero-order valence-corrected chi connectivity index (χ0v) is 27.7. The van der Waals surface area contributed by atoms with Gasteiger partial charge in [-0.3, -0.25) is 4.79 Å². The lowest BCUT2D eigenvalue weighted by Gasteiger charge is -2.48. The largest absolute Gasteiger partial charge is 0.466 e. The van der Waals surface area contributed by atoms with E-state index >= 15 is 4.39 Å². The van der Waals surface area contributed by atoms with Crippen molar-refractivity contribution in [3.8, 4) is 0 Å². The number of rotatable bonds is 8. The number of carbonyl (C=O) groups excluding carboxylic acids is 1. The number of piperidine rings is 1. The van der Waals surface area contributed by atoms with Crippen molar-refractivity contribution in [3.63, 3.8) is 0 Å². The summed E-state index contributed by atoms with van der Waals surface area (Å²) in [4.78, 5) is 15.6. The summed E-state index contributed by atoms with van der Waals surface area (Å²) in [6, 6.07) is 26.0. The first-order chi connectivity index (χ1) is 21.7. The molecule has 0 saturated carbocycles. The number of hydrogen-bond acceptors (Lipinski definition) is 6. The molecule has 45 heavy (non-hydrogen) atoms. The molecule has 7 nitrogen and oxygen atoms in total. The predicted octanol–water partition coefficient (Wildman–Crippen LogP) is 6.21. The number of nitrogens with zero attached hydrogens (tertiary/aromatic N) is 3. The molecule has 9 heteroatoms. The van der Waals surface area contributed by atoms with E-state index in [0.717, 1.165) is 29.6 Å². The van der Waals surface area contributed by atoms with Gasteiger partial charge in [0, 0.05) is 19.7 Å². The molecule has 0 N–H and O–H groups in total. The summed E-state index contributed by atoms with van der Waals surface area (Å²) in [5.74, 6) is -0.475. The van der Waals surface area contributed by atoms with Crippen molar-refractivity contribution in [2.75, 3.05) is 31.2 Å². The molecular weight excluding hydrogens is 585 g/mol. The molecule has 0 radical (unpaired) electrons. The fourth-order valence-corrected chi connectivity index (χ4v) is 11.9. The van der Waals surface area contributed by atoms with Gasteiger partial charge in [-0.05, 0) is 60.2 Å². The van der Waals surface area contributed by atoms with Crippen molar-refractivity contribution in [2.45, 2.75) is 70.7 Å². The van der Waals surface area contributed by atoms with Crippen molar-refractivity contribution < 1.29 is 23.1 Å². The molecule has 1 unspecified atom stereocenters. The van der Waals surface area contributed by atoms with Gasteiger partial charge in [0.2, 0.25) is 0 Å². The van der Waals surface area contributed by atoms with E-state index in [4.69, 9.17) is 19.0 Å². The summed E-state index contributed by atoms with van der Waals surface area (Å²) in [5.41, 5.74) is 0.717. The molecule has 0 bridgehead atoms. The molecule has 3 heterocycles. The maximum absolute atomic E-state index is 15.6. The number of esters is 1. The normalized spacial score (nSPS) is 21.2. The fourth-order valence-electron chi connectivity index (χ4n) is 7.15. The second-order valence-electron chi connectivity index (χ2n) is 13.1. The molecule has 2 aliphatic heterocycles. The van der Waals surface area contributed by atoms with E-state index in [1.165, 1.54) is 6.07 Å². The van der Waals surface area contributed by atoms with E-state index in [2.05, 4.69) is 74.2 Å². The number of carbonyl (C=O) groups is 1. The maximum Gasteiger partial charge on any atom is 0.311 e. The molecule has 3 aromatic carbocycles. The lowest BCUT2D eigenvalue weighted by atomic mass is 9.94. The zero-order chi connectivity index (χ0) is 31.6. The van der Waals surface area contributed by atoms with E-state index in [0.29, 0.717) is 49.4 Å². The van der Waals surface area contributed by atoms with Crippen LogP contribution < -0.4 is 15.3 Å². The van der Waals surface area contributed by atoms with Gasteiger partial charge in [-0.15, -0.1) is 0 Å². The Bertz CT molecular complexity index is 1560. The van der Waals surface area contributed by atoms with Crippen LogP contribution in [0.5, 0.6) is 0 Å². The second-order valence-corrected chi connectivity index (χ2v) is 17.4. The molecule has 238 valence electrons. The molecule has 0 amide bonds. The Hall–Kier alpha value is -3.53. The third-order valence-electron chi connectivity index (χ3n) is 9.29. The molecule has 2 aliphatic rings. The summed E-state index contributed by atoms with van der Waals surface area (Å²) >= 11 is 0. The number of fused-ring (bicyclic) bond motifs is 1. The zero-order valence-electron chi connectivity index (χ0n) is 26.7. The van der Waals surface area contributed by atoms with Gasteiger partial charge in [-0.1, -0.05) is 87.5 Å². The highest BCUT2D eigenvalue weighted by molar-refractivity contribution is 6.99. The molecular formula is C36H44FN3O4Si. The van der Waals surface area contributed by atoms with Gasteiger partial charge in [0.1, 0.15) is 5.82 Å². The van der Waals surface area contributed by atoms with Crippen LogP contribution in [0.2, 0.25) is 5.04 Å². The van der Waals surface area contributed by atoms with E-state index in [9.17, 15) is 4.79 Å². The number of benzene rings is 3. The number of halogens is 1. The molecule has 6 rings (SSSR count). The third-order valence-corrected chi connectivity index (χ3v) is 14.3. The SMILES string of the molecule is CCOC(=O)[C@H]1CCN(c2nn(C3CCCCO3)c3cccc(F)c23)C[C@@H]1O[Si](c1ccccc1)(c1ccccc1)C(C)(C)C. The van der Waals surface area contributed by atoms with Gasteiger partial charge in [0.05, 0.1) is 29.5 Å². The van der Waals surface area contributed by atoms with Crippen LogP contribution in [-0.4, -0.2) is 56.5 Å². The van der Waals surface area contributed by atoms with Crippen LogP contribution in [-0.2, 0) is 18.7 Å². The van der Waals surface area contributed by atoms with Gasteiger partial charge in [-0.25, -0.2) is 9.07 Å². The smallest absolute Gasteiger partial charge is 0.311 e. The average molecular weight is 630 g/mol. The molecule has 2 saturated heterocycles. The van der Waals surface area contributed by atoms with Crippen LogP contribution in [0.1, 0.15) is 59.6 Å². The van der Waals surface area contributed by atoms with Crippen molar-refractivity contribution >= 4 is 41.4 Å². The molecule has 4 aromatic rings. The molecule has 3 atom stereocenters. The number of aromatic nitrogens is 2. The number of anilines is 1. The first kappa shape index (κ1) is 31.4. The van der Waals surface area contributed by atoms with Crippen LogP contribution >= 0.6 is 0 Å². The Morgan fingerprint density at radius 1 is 0.978 bits per heavy atom. The fraction of sp³-hybridized carbons (Fsp3) is 0.444. The van der Waals surface area contributed by atoms with Crippen molar-refractivity contribution in [3.05, 3.63) is 84.7 Å². The summed E-state index contributed by atoms with van der Waals surface area (Å²) in [6.45, 7) is 10.4. The van der Waals surface area contributed by atoms with E-state index in [-0.39, 0.29) is 23.1 Å². The highest BCUT2D eigenvalue weighted by atomic mass is 28.4.